The van der Waals surface area contributed by atoms with Gasteiger partial charge in [0.1, 0.15) is 5.82 Å². The molecule has 1 heterocycles. The van der Waals surface area contributed by atoms with Gasteiger partial charge in [0, 0.05) is 5.56 Å². The average molecular weight is 378 g/mol. The molecule has 0 spiro atoms. The SMILES string of the molecule is Cc1cccc(C(=O)NCC(=O)NC(CC(C)C)c2nc3ccccc3[nH]2)c1. The van der Waals surface area contributed by atoms with E-state index in [2.05, 4.69) is 34.4 Å². The van der Waals surface area contributed by atoms with Gasteiger partial charge in [0.05, 0.1) is 23.6 Å². The van der Waals surface area contributed by atoms with Crippen LogP contribution in [0.1, 0.15) is 48.1 Å². The molecule has 0 aliphatic carbocycles. The first-order valence-electron chi connectivity index (χ1n) is 9.51. The standard InChI is InChI=1S/C22H26N4O2/c1-14(2)11-19(21-25-17-9-4-5-10-18(17)26-21)24-20(27)13-23-22(28)16-8-6-7-15(3)12-16/h4-10,12,14,19H,11,13H2,1-3H3,(H,23,28)(H,24,27)(H,25,26). The lowest BCUT2D eigenvalue weighted by Gasteiger charge is -2.19. The molecule has 0 fully saturated rings. The van der Waals surface area contributed by atoms with Crippen LogP contribution < -0.4 is 10.6 Å². The molecule has 28 heavy (non-hydrogen) atoms. The van der Waals surface area contributed by atoms with E-state index in [0.717, 1.165) is 28.8 Å². The summed E-state index contributed by atoms with van der Waals surface area (Å²) in [4.78, 5) is 32.6. The van der Waals surface area contributed by atoms with Gasteiger partial charge in [-0.3, -0.25) is 9.59 Å². The molecule has 6 nitrogen and oxygen atoms in total. The largest absolute Gasteiger partial charge is 0.345 e. The van der Waals surface area contributed by atoms with Crippen LogP contribution in [-0.2, 0) is 4.79 Å². The van der Waals surface area contributed by atoms with Crippen molar-refractivity contribution in [1.29, 1.82) is 0 Å². The number of hydrogen-bond acceptors (Lipinski definition) is 3. The number of imidazole rings is 1. The smallest absolute Gasteiger partial charge is 0.251 e. The molecule has 146 valence electrons. The third-order valence-electron chi connectivity index (χ3n) is 4.47. The molecule has 2 aromatic carbocycles. The van der Waals surface area contributed by atoms with E-state index < -0.39 is 0 Å². The zero-order valence-electron chi connectivity index (χ0n) is 16.5. The lowest BCUT2D eigenvalue weighted by atomic mass is 10.0. The summed E-state index contributed by atoms with van der Waals surface area (Å²) in [5, 5.41) is 5.68. The number of rotatable bonds is 7. The molecule has 1 unspecified atom stereocenters. The Labute approximate surface area is 164 Å². The summed E-state index contributed by atoms with van der Waals surface area (Å²) in [6.45, 7) is 6.04. The zero-order valence-corrected chi connectivity index (χ0v) is 16.5. The Morgan fingerprint density at radius 1 is 1.11 bits per heavy atom. The normalized spacial score (nSPS) is 12.1. The van der Waals surface area contributed by atoms with Crippen molar-refractivity contribution in [3.63, 3.8) is 0 Å². The van der Waals surface area contributed by atoms with Crippen molar-refractivity contribution in [1.82, 2.24) is 20.6 Å². The highest BCUT2D eigenvalue weighted by Crippen LogP contribution is 2.21. The molecule has 1 atom stereocenters. The topological polar surface area (TPSA) is 86.9 Å². The molecular weight excluding hydrogens is 352 g/mol. The number of H-pyrrole nitrogens is 1. The maximum atomic E-state index is 12.5. The molecule has 3 N–H and O–H groups in total. The third-order valence-corrected chi connectivity index (χ3v) is 4.47. The van der Waals surface area contributed by atoms with Crippen LogP contribution in [0.5, 0.6) is 0 Å². The first-order chi connectivity index (χ1) is 13.4. The van der Waals surface area contributed by atoms with Gasteiger partial charge in [-0.1, -0.05) is 43.7 Å². The fourth-order valence-corrected chi connectivity index (χ4v) is 3.14. The second-order valence-electron chi connectivity index (χ2n) is 7.44. The van der Waals surface area contributed by atoms with E-state index in [-0.39, 0.29) is 24.4 Å². The van der Waals surface area contributed by atoms with E-state index in [1.54, 1.807) is 12.1 Å². The second-order valence-corrected chi connectivity index (χ2v) is 7.44. The predicted molar refractivity (Wildman–Crippen MR) is 110 cm³/mol. The highest BCUT2D eigenvalue weighted by molar-refractivity contribution is 5.96. The van der Waals surface area contributed by atoms with Crippen molar-refractivity contribution >= 4 is 22.8 Å². The number of aryl methyl sites for hydroxylation is 1. The quantitative estimate of drug-likeness (QED) is 0.588. The number of benzene rings is 2. The van der Waals surface area contributed by atoms with Crippen molar-refractivity contribution in [2.24, 2.45) is 5.92 Å². The van der Waals surface area contributed by atoms with E-state index in [0.29, 0.717) is 11.5 Å². The maximum Gasteiger partial charge on any atom is 0.251 e. The number of nitrogens with zero attached hydrogens (tertiary/aromatic N) is 1. The van der Waals surface area contributed by atoms with Gasteiger partial charge >= 0.3 is 0 Å². The lowest BCUT2D eigenvalue weighted by molar-refractivity contribution is -0.121. The third kappa shape index (κ3) is 4.97. The van der Waals surface area contributed by atoms with Crippen LogP contribution in [0, 0.1) is 12.8 Å². The lowest BCUT2D eigenvalue weighted by Crippen LogP contribution is -2.39. The molecule has 0 aliphatic heterocycles. The van der Waals surface area contributed by atoms with Crippen LogP contribution >= 0.6 is 0 Å². The van der Waals surface area contributed by atoms with Gasteiger partial charge in [0.2, 0.25) is 5.91 Å². The van der Waals surface area contributed by atoms with Crippen molar-refractivity contribution in [3.05, 3.63) is 65.5 Å². The molecule has 3 aromatic rings. The summed E-state index contributed by atoms with van der Waals surface area (Å²) >= 11 is 0. The number of fused-ring (bicyclic) bond motifs is 1. The van der Waals surface area contributed by atoms with Gasteiger partial charge in [0.25, 0.3) is 5.91 Å². The molecular formula is C22H26N4O2. The summed E-state index contributed by atoms with van der Waals surface area (Å²) in [5.41, 5.74) is 3.35. The fraction of sp³-hybridized carbons (Fsp3) is 0.318. The van der Waals surface area contributed by atoms with Crippen LogP contribution in [0.4, 0.5) is 0 Å². The van der Waals surface area contributed by atoms with Gasteiger partial charge in [0.15, 0.2) is 0 Å². The minimum atomic E-state index is -0.261. The highest BCUT2D eigenvalue weighted by Gasteiger charge is 2.20. The Morgan fingerprint density at radius 2 is 1.89 bits per heavy atom. The van der Waals surface area contributed by atoms with Gasteiger partial charge in [-0.05, 0) is 43.5 Å². The van der Waals surface area contributed by atoms with Crippen molar-refractivity contribution in [2.45, 2.75) is 33.2 Å². The monoisotopic (exact) mass is 378 g/mol. The second kappa shape index (κ2) is 8.69. The van der Waals surface area contributed by atoms with Crippen LogP contribution in [0.3, 0.4) is 0 Å². The van der Waals surface area contributed by atoms with Crippen LogP contribution in [0.25, 0.3) is 11.0 Å². The number of amides is 2. The summed E-state index contributed by atoms with van der Waals surface area (Å²) in [6, 6.07) is 14.8. The first kappa shape index (κ1) is 19.6. The Balaban J connectivity index is 1.65. The molecule has 0 radical (unpaired) electrons. The van der Waals surface area contributed by atoms with Gasteiger partial charge in [-0.2, -0.15) is 0 Å². The molecule has 0 aliphatic rings. The molecule has 3 rings (SSSR count). The summed E-state index contributed by atoms with van der Waals surface area (Å²) in [6.07, 6.45) is 0.747. The van der Waals surface area contributed by atoms with E-state index in [9.17, 15) is 9.59 Å². The summed E-state index contributed by atoms with van der Waals surface area (Å²) in [5.74, 6) is 0.601. The molecule has 2 amide bonds. The Hall–Kier alpha value is -3.15. The first-order valence-corrected chi connectivity index (χ1v) is 9.51. The molecule has 0 saturated heterocycles. The maximum absolute atomic E-state index is 12.5. The minimum Gasteiger partial charge on any atom is -0.345 e. The number of aromatic amines is 1. The molecule has 0 saturated carbocycles. The number of para-hydroxylation sites is 2. The number of carbonyl (C=O) groups excluding carboxylic acids is 2. The minimum absolute atomic E-state index is 0.0817. The summed E-state index contributed by atoms with van der Waals surface area (Å²) in [7, 11) is 0. The zero-order chi connectivity index (χ0) is 20.1. The number of hydrogen-bond donors (Lipinski definition) is 3. The van der Waals surface area contributed by atoms with E-state index in [1.165, 1.54) is 0 Å². The predicted octanol–water partition coefficient (Wildman–Crippen LogP) is 3.50. The van der Waals surface area contributed by atoms with E-state index in [4.69, 9.17) is 0 Å². The van der Waals surface area contributed by atoms with Gasteiger partial charge in [-0.15, -0.1) is 0 Å². The highest BCUT2D eigenvalue weighted by atomic mass is 16.2. The Kier molecular flexibility index (Phi) is 6.09. The van der Waals surface area contributed by atoms with Gasteiger partial charge < -0.3 is 15.6 Å². The Morgan fingerprint density at radius 3 is 2.61 bits per heavy atom. The van der Waals surface area contributed by atoms with Crippen LogP contribution in [0.2, 0.25) is 0 Å². The van der Waals surface area contributed by atoms with Crippen molar-refractivity contribution in [3.8, 4) is 0 Å². The number of nitrogens with one attached hydrogen (secondary N) is 3. The molecule has 0 bridgehead atoms. The molecule has 6 heteroatoms. The summed E-state index contributed by atoms with van der Waals surface area (Å²) < 4.78 is 0. The fourth-order valence-electron chi connectivity index (χ4n) is 3.14. The van der Waals surface area contributed by atoms with E-state index in [1.807, 2.05) is 43.3 Å². The van der Waals surface area contributed by atoms with Crippen LogP contribution in [0.15, 0.2) is 48.5 Å². The molecule has 1 aromatic heterocycles. The van der Waals surface area contributed by atoms with E-state index >= 15 is 0 Å². The van der Waals surface area contributed by atoms with Gasteiger partial charge in [-0.25, -0.2) is 4.98 Å². The number of carbonyl (C=O) groups is 2. The number of aromatic nitrogens is 2. The van der Waals surface area contributed by atoms with Crippen molar-refractivity contribution in [2.75, 3.05) is 6.54 Å². The van der Waals surface area contributed by atoms with Crippen molar-refractivity contribution < 1.29 is 9.59 Å². The average Bonchev–Trinajstić information content (AvgIpc) is 3.09. The Bertz CT molecular complexity index is 944. The van der Waals surface area contributed by atoms with Crippen LogP contribution in [-0.4, -0.2) is 28.3 Å².